The van der Waals surface area contributed by atoms with Crippen molar-refractivity contribution in [3.63, 3.8) is 0 Å². The van der Waals surface area contributed by atoms with Crippen LogP contribution in [-0.4, -0.2) is 9.86 Å². The number of nitrogens with one attached hydrogen (secondary N) is 2. The van der Waals surface area contributed by atoms with Gasteiger partial charge in [-0.3, -0.25) is 0 Å². The van der Waals surface area contributed by atoms with Crippen LogP contribution in [0.3, 0.4) is 0 Å². The van der Waals surface area contributed by atoms with Crippen molar-refractivity contribution in [3.05, 3.63) is 53.6 Å². The highest BCUT2D eigenvalue weighted by atomic mass is 32.2. The minimum Gasteiger partial charge on any atom is -0.332 e. The number of fused-ring (bicyclic) bond motifs is 1. The topological polar surface area (TPSA) is 24.1 Å². The molecule has 0 saturated heterocycles. The molecule has 0 amide bonds. The average molecular weight is 399 g/mol. The van der Waals surface area contributed by atoms with Crippen molar-refractivity contribution in [1.82, 2.24) is 0 Å². The summed E-state index contributed by atoms with van der Waals surface area (Å²) in [5.74, 6) is 0. The molecule has 1 aliphatic heterocycles. The van der Waals surface area contributed by atoms with Gasteiger partial charge in [-0.25, -0.2) is 0 Å². The SMILES string of the molecule is CCCc1cccc(NC(=S)Nc2ccc3c(c2)C(C)(C)CC(C)(C)S3)c1. The zero-order valence-corrected chi connectivity index (χ0v) is 18.6. The Morgan fingerprint density at radius 1 is 1.04 bits per heavy atom. The number of anilines is 2. The Balaban J connectivity index is 1.73. The summed E-state index contributed by atoms with van der Waals surface area (Å²) in [6.45, 7) is 11.5. The van der Waals surface area contributed by atoms with E-state index in [9.17, 15) is 0 Å². The van der Waals surface area contributed by atoms with E-state index >= 15 is 0 Å². The second kappa shape index (κ2) is 7.84. The summed E-state index contributed by atoms with van der Waals surface area (Å²) in [7, 11) is 0. The molecule has 1 aliphatic rings. The van der Waals surface area contributed by atoms with Crippen LogP contribution in [0.25, 0.3) is 0 Å². The maximum absolute atomic E-state index is 5.55. The molecule has 0 atom stereocenters. The number of benzene rings is 2. The molecule has 2 aromatic carbocycles. The molecular weight excluding hydrogens is 368 g/mol. The molecule has 0 bridgehead atoms. The van der Waals surface area contributed by atoms with Gasteiger partial charge in [0.25, 0.3) is 0 Å². The molecular formula is C23H30N2S2. The Bertz CT molecular complexity index is 840. The van der Waals surface area contributed by atoms with Crippen LogP contribution in [-0.2, 0) is 11.8 Å². The maximum Gasteiger partial charge on any atom is 0.175 e. The van der Waals surface area contributed by atoms with E-state index in [4.69, 9.17) is 12.2 Å². The van der Waals surface area contributed by atoms with Gasteiger partial charge in [-0.05, 0) is 71.9 Å². The third-order valence-electron chi connectivity index (χ3n) is 4.94. The molecule has 27 heavy (non-hydrogen) atoms. The highest BCUT2D eigenvalue weighted by molar-refractivity contribution is 8.00. The lowest BCUT2D eigenvalue weighted by Gasteiger charge is -2.41. The van der Waals surface area contributed by atoms with Gasteiger partial charge in [0, 0.05) is 21.0 Å². The molecule has 0 aliphatic carbocycles. The Kier molecular flexibility index (Phi) is 5.87. The molecule has 1 heterocycles. The lowest BCUT2D eigenvalue weighted by atomic mass is 9.77. The fourth-order valence-electron chi connectivity index (χ4n) is 4.11. The molecule has 2 N–H and O–H groups in total. The van der Waals surface area contributed by atoms with Gasteiger partial charge in [0.1, 0.15) is 0 Å². The monoisotopic (exact) mass is 398 g/mol. The number of thiocarbonyl (C=S) groups is 1. The van der Waals surface area contributed by atoms with Crippen molar-refractivity contribution in [2.75, 3.05) is 10.6 Å². The lowest BCUT2D eigenvalue weighted by molar-refractivity contribution is 0.408. The zero-order valence-electron chi connectivity index (χ0n) is 17.0. The van der Waals surface area contributed by atoms with Gasteiger partial charge in [0.05, 0.1) is 0 Å². The quantitative estimate of drug-likeness (QED) is 0.541. The fourth-order valence-corrected chi connectivity index (χ4v) is 5.95. The second-order valence-electron chi connectivity index (χ2n) is 8.66. The molecule has 0 unspecified atom stereocenters. The van der Waals surface area contributed by atoms with E-state index in [1.807, 2.05) is 11.8 Å². The van der Waals surface area contributed by atoms with E-state index in [0.717, 1.165) is 30.6 Å². The Labute approximate surface area is 173 Å². The Morgan fingerprint density at radius 2 is 1.74 bits per heavy atom. The summed E-state index contributed by atoms with van der Waals surface area (Å²) >= 11 is 7.52. The summed E-state index contributed by atoms with van der Waals surface area (Å²) in [5.41, 5.74) is 4.98. The van der Waals surface area contributed by atoms with E-state index in [0.29, 0.717) is 5.11 Å². The molecule has 0 aromatic heterocycles. The summed E-state index contributed by atoms with van der Waals surface area (Å²) in [5, 5.41) is 7.31. The van der Waals surface area contributed by atoms with Gasteiger partial charge in [-0.2, -0.15) is 0 Å². The average Bonchev–Trinajstić information content (AvgIpc) is 2.54. The lowest BCUT2D eigenvalue weighted by Crippen LogP contribution is -2.33. The van der Waals surface area contributed by atoms with Crippen molar-refractivity contribution < 1.29 is 0 Å². The van der Waals surface area contributed by atoms with Gasteiger partial charge in [0.15, 0.2) is 5.11 Å². The molecule has 0 saturated carbocycles. The third-order valence-corrected chi connectivity index (χ3v) is 6.42. The van der Waals surface area contributed by atoms with Crippen molar-refractivity contribution in [3.8, 4) is 0 Å². The van der Waals surface area contributed by atoms with Gasteiger partial charge in [-0.1, -0.05) is 53.2 Å². The van der Waals surface area contributed by atoms with Crippen LogP contribution < -0.4 is 10.6 Å². The van der Waals surface area contributed by atoms with Gasteiger partial charge < -0.3 is 10.6 Å². The highest BCUT2D eigenvalue weighted by Gasteiger charge is 2.38. The molecule has 144 valence electrons. The van der Waals surface area contributed by atoms with Crippen LogP contribution >= 0.6 is 24.0 Å². The highest BCUT2D eigenvalue weighted by Crippen LogP contribution is 2.51. The third kappa shape index (κ3) is 5.05. The first-order chi connectivity index (χ1) is 12.7. The Morgan fingerprint density at radius 3 is 2.44 bits per heavy atom. The molecule has 4 heteroatoms. The number of aryl methyl sites for hydroxylation is 1. The van der Waals surface area contributed by atoms with Crippen molar-refractivity contribution in [2.45, 2.75) is 68.9 Å². The van der Waals surface area contributed by atoms with Crippen LogP contribution in [0.1, 0.15) is 58.6 Å². The largest absolute Gasteiger partial charge is 0.332 e. The number of thioether (sulfide) groups is 1. The predicted molar refractivity (Wildman–Crippen MR) is 124 cm³/mol. The van der Waals surface area contributed by atoms with E-state index in [1.54, 1.807) is 0 Å². The molecule has 0 spiro atoms. The summed E-state index contributed by atoms with van der Waals surface area (Å²) in [4.78, 5) is 1.38. The van der Waals surface area contributed by atoms with Crippen LogP contribution in [0.4, 0.5) is 11.4 Å². The smallest absolute Gasteiger partial charge is 0.175 e. The van der Waals surface area contributed by atoms with Gasteiger partial charge in [-0.15, -0.1) is 11.8 Å². The number of rotatable bonds is 4. The molecule has 0 fully saturated rings. The van der Waals surface area contributed by atoms with E-state index in [-0.39, 0.29) is 10.2 Å². The van der Waals surface area contributed by atoms with Crippen molar-refractivity contribution >= 4 is 40.5 Å². The molecule has 2 nitrogen and oxygen atoms in total. The second-order valence-corrected chi connectivity index (χ2v) is 10.8. The van der Waals surface area contributed by atoms with Crippen LogP contribution in [0.15, 0.2) is 47.4 Å². The van der Waals surface area contributed by atoms with E-state index < -0.39 is 0 Å². The standard InChI is InChI=1S/C23H30N2S2/c1-6-8-16-9-7-10-17(13-16)24-21(26)25-18-11-12-20-19(14-18)22(2,3)15-23(4,5)27-20/h7,9-14H,6,8,15H2,1-5H3,(H2,24,25,26). The number of hydrogen-bond donors (Lipinski definition) is 2. The van der Waals surface area contributed by atoms with Crippen LogP contribution in [0, 0.1) is 0 Å². The zero-order chi connectivity index (χ0) is 19.7. The van der Waals surface area contributed by atoms with Crippen molar-refractivity contribution in [2.24, 2.45) is 0 Å². The van der Waals surface area contributed by atoms with E-state index in [1.165, 1.54) is 16.0 Å². The first-order valence-corrected chi connectivity index (χ1v) is 10.9. The number of hydrogen-bond acceptors (Lipinski definition) is 2. The molecule has 3 rings (SSSR count). The predicted octanol–water partition coefficient (Wildman–Crippen LogP) is 7.00. The normalized spacial score (nSPS) is 17.1. The summed E-state index contributed by atoms with van der Waals surface area (Å²) in [6, 6.07) is 15.1. The van der Waals surface area contributed by atoms with Crippen LogP contribution in [0.2, 0.25) is 0 Å². The summed E-state index contributed by atoms with van der Waals surface area (Å²) < 4.78 is 0.270. The maximum atomic E-state index is 5.55. The van der Waals surface area contributed by atoms with E-state index in [2.05, 4.69) is 87.7 Å². The minimum absolute atomic E-state index is 0.158. The van der Waals surface area contributed by atoms with Crippen LogP contribution in [0.5, 0.6) is 0 Å². The molecule has 2 aromatic rings. The van der Waals surface area contributed by atoms with Gasteiger partial charge >= 0.3 is 0 Å². The van der Waals surface area contributed by atoms with Crippen molar-refractivity contribution in [1.29, 1.82) is 0 Å². The first kappa shape index (κ1) is 20.2. The minimum atomic E-state index is 0.158. The molecule has 0 radical (unpaired) electrons. The fraction of sp³-hybridized carbons (Fsp3) is 0.435. The van der Waals surface area contributed by atoms with Gasteiger partial charge in [0.2, 0.25) is 0 Å². The summed E-state index contributed by atoms with van der Waals surface area (Å²) in [6.07, 6.45) is 3.39. The first-order valence-electron chi connectivity index (χ1n) is 9.69. The Hall–Kier alpha value is -1.52.